The van der Waals surface area contributed by atoms with Gasteiger partial charge in [0.05, 0.1) is 10.6 Å². The number of aryl methyl sites for hydroxylation is 1. The number of hydrogen-bond acceptors (Lipinski definition) is 4. The van der Waals surface area contributed by atoms with Gasteiger partial charge in [0.25, 0.3) is 10.0 Å². The van der Waals surface area contributed by atoms with E-state index in [4.69, 9.17) is 23.2 Å². The van der Waals surface area contributed by atoms with E-state index in [9.17, 15) is 13.2 Å². The molecule has 5 nitrogen and oxygen atoms in total. The molecule has 33 heavy (non-hydrogen) atoms. The van der Waals surface area contributed by atoms with E-state index in [1.807, 2.05) is 6.07 Å². The van der Waals surface area contributed by atoms with E-state index in [-0.39, 0.29) is 20.6 Å². The average molecular weight is 524 g/mol. The number of rotatable bonds is 10. The van der Waals surface area contributed by atoms with E-state index in [0.29, 0.717) is 12.3 Å². The van der Waals surface area contributed by atoms with Crippen molar-refractivity contribution in [3.8, 4) is 0 Å². The van der Waals surface area contributed by atoms with Crippen molar-refractivity contribution >= 4 is 56.6 Å². The highest BCUT2D eigenvalue weighted by Gasteiger charge is 2.27. The van der Waals surface area contributed by atoms with Crippen LogP contribution in [0.5, 0.6) is 0 Å². The van der Waals surface area contributed by atoms with Crippen molar-refractivity contribution in [1.29, 1.82) is 0 Å². The second kappa shape index (κ2) is 11.8. The number of sulfonamides is 1. The van der Waals surface area contributed by atoms with E-state index < -0.39 is 22.5 Å². The molecule has 0 atom stereocenters. The number of amides is 1. The van der Waals surface area contributed by atoms with Crippen LogP contribution in [-0.2, 0) is 20.6 Å². The maximum absolute atomic E-state index is 13.3. The first kappa shape index (κ1) is 25.4. The molecule has 0 fully saturated rings. The Morgan fingerprint density at radius 2 is 1.67 bits per heavy atom. The van der Waals surface area contributed by atoms with Gasteiger partial charge in [-0.1, -0.05) is 71.2 Å². The van der Waals surface area contributed by atoms with Gasteiger partial charge in [-0.15, -0.1) is 0 Å². The molecule has 0 saturated heterocycles. The van der Waals surface area contributed by atoms with Crippen LogP contribution in [0.4, 0.5) is 5.69 Å². The smallest absolute Gasteiger partial charge is 0.264 e. The Morgan fingerprint density at radius 1 is 0.970 bits per heavy atom. The summed E-state index contributed by atoms with van der Waals surface area (Å²) in [4.78, 5) is 12.7. The number of benzene rings is 3. The number of anilines is 1. The largest absolute Gasteiger partial charge is 0.354 e. The van der Waals surface area contributed by atoms with Crippen molar-refractivity contribution in [2.75, 3.05) is 23.1 Å². The highest BCUT2D eigenvalue weighted by Crippen LogP contribution is 2.29. The Kier molecular flexibility index (Phi) is 9.09. The Balaban J connectivity index is 1.66. The fourth-order valence-electron chi connectivity index (χ4n) is 3.16. The number of carbonyl (C=O) groups excluding carboxylic acids is 1. The third kappa shape index (κ3) is 7.40. The summed E-state index contributed by atoms with van der Waals surface area (Å²) in [7, 11) is -4.01. The van der Waals surface area contributed by atoms with Gasteiger partial charge in [-0.2, -0.15) is 11.8 Å². The zero-order valence-corrected chi connectivity index (χ0v) is 21.1. The van der Waals surface area contributed by atoms with Crippen molar-refractivity contribution in [2.45, 2.75) is 17.6 Å². The van der Waals surface area contributed by atoms with Gasteiger partial charge < -0.3 is 5.32 Å². The number of thioether (sulfide) groups is 1. The van der Waals surface area contributed by atoms with Gasteiger partial charge in [0.1, 0.15) is 6.54 Å². The zero-order chi connectivity index (χ0) is 23.8. The summed E-state index contributed by atoms with van der Waals surface area (Å²) in [6, 6.07) is 20.7. The molecular formula is C24H24Cl2N2O3S2. The molecule has 0 saturated carbocycles. The summed E-state index contributed by atoms with van der Waals surface area (Å²) in [5.74, 6) is 1.13. The lowest BCUT2D eigenvalue weighted by molar-refractivity contribution is -0.119. The monoisotopic (exact) mass is 522 g/mol. The molecule has 0 aliphatic rings. The minimum atomic E-state index is -4.01. The van der Waals surface area contributed by atoms with Gasteiger partial charge in [0.15, 0.2) is 0 Å². The highest BCUT2D eigenvalue weighted by molar-refractivity contribution is 7.98. The maximum Gasteiger partial charge on any atom is 0.264 e. The molecule has 0 heterocycles. The number of nitrogens with one attached hydrogen (secondary N) is 1. The predicted octanol–water partition coefficient (Wildman–Crippen LogP) is 5.55. The van der Waals surface area contributed by atoms with Crippen molar-refractivity contribution in [3.63, 3.8) is 0 Å². The van der Waals surface area contributed by atoms with Crippen LogP contribution in [0.2, 0.25) is 10.0 Å². The summed E-state index contributed by atoms with van der Waals surface area (Å²) in [6.07, 6.45) is 0. The summed E-state index contributed by atoms with van der Waals surface area (Å²) in [5.41, 5.74) is 2.66. The Labute approximate surface area is 209 Å². The first-order chi connectivity index (χ1) is 15.8. The maximum atomic E-state index is 13.3. The predicted molar refractivity (Wildman–Crippen MR) is 138 cm³/mol. The highest BCUT2D eigenvalue weighted by atomic mass is 35.5. The van der Waals surface area contributed by atoms with Crippen molar-refractivity contribution in [3.05, 3.63) is 94.0 Å². The molecule has 9 heteroatoms. The van der Waals surface area contributed by atoms with Crippen LogP contribution in [0, 0.1) is 6.92 Å². The molecule has 0 unspecified atom stereocenters. The molecule has 0 spiro atoms. The Bertz CT molecular complexity index is 1190. The van der Waals surface area contributed by atoms with Crippen LogP contribution in [0.15, 0.2) is 77.7 Å². The minimum absolute atomic E-state index is 0.0719. The van der Waals surface area contributed by atoms with Gasteiger partial charge in [-0.05, 0) is 42.8 Å². The molecule has 0 aliphatic carbocycles. The van der Waals surface area contributed by atoms with Gasteiger partial charge in [0, 0.05) is 28.1 Å². The Morgan fingerprint density at radius 3 is 2.33 bits per heavy atom. The molecule has 0 bridgehead atoms. The lowest BCUT2D eigenvalue weighted by Gasteiger charge is -2.24. The summed E-state index contributed by atoms with van der Waals surface area (Å²) < 4.78 is 27.6. The quantitative estimate of drug-likeness (QED) is 0.354. The minimum Gasteiger partial charge on any atom is -0.354 e. The van der Waals surface area contributed by atoms with Gasteiger partial charge >= 0.3 is 0 Å². The lowest BCUT2D eigenvalue weighted by atomic mass is 10.2. The van der Waals surface area contributed by atoms with Crippen molar-refractivity contribution < 1.29 is 13.2 Å². The molecule has 3 aromatic carbocycles. The molecule has 174 valence electrons. The Hall–Kier alpha value is -2.19. The molecule has 0 radical (unpaired) electrons. The number of carbonyl (C=O) groups is 1. The molecule has 3 rings (SSSR count). The van der Waals surface area contributed by atoms with E-state index >= 15 is 0 Å². The SMILES string of the molecule is Cc1cccc(CSCCNC(=O)CN(c2cc(Cl)cc(Cl)c2)S(=O)(=O)c2ccccc2)c1. The third-order valence-electron chi connectivity index (χ3n) is 4.67. The molecule has 1 N–H and O–H groups in total. The summed E-state index contributed by atoms with van der Waals surface area (Å²) >= 11 is 13.9. The van der Waals surface area contributed by atoms with Crippen LogP contribution in [0.25, 0.3) is 0 Å². The molecular weight excluding hydrogens is 499 g/mol. The van der Waals surface area contributed by atoms with Crippen LogP contribution < -0.4 is 9.62 Å². The molecule has 0 aromatic heterocycles. The topological polar surface area (TPSA) is 66.5 Å². The summed E-state index contributed by atoms with van der Waals surface area (Å²) in [6.45, 7) is 2.08. The lowest BCUT2D eigenvalue weighted by Crippen LogP contribution is -2.41. The second-order valence-electron chi connectivity index (χ2n) is 7.34. The van der Waals surface area contributed by atoms with E-state index in [1.165, 1.54) is 41.5 Å². The average Bonchev–Trinajstić information content (AvgIpc) is 2.77. The zero-order valence-electron chi connectivity index (χ0n) is 18.0. The van der Waals surface area contributed by atoms with Gasteiger partial charge in [-0.25, -0.2) is 8.42 Å². The molecule has 1 amide bonds. The first-order valence-corrected chi connectivity index (χ1v) is 13.5. The van der Waals surface area contributed by atoms with Gasteiger partial charge in [-0.3, -0.25) is 9.10 Å². The standard InChI is InChI=1S/C24H24Cl2N2O3S2/c1-18-6-5-7-19(12-18)17-32-11-10-27-24(29)16-28(22-14-20(25)13-21(26)15-22)33(30,31)23-8-3-2-4-9-23/h2-9,12-15H,10-11,16-17H2,1H3,(H,27,29). The first-order valence-electron chi connectivity index (χ1n) is 10.2. The van der Waals surface area contributed by atoms with Crippen molar-refractivity contribution in [1.82, 2.24) is 5.32 Å². The van der Waals surface area contributed by atoms with E-state index in [2.05, 4.69) is 30.4 Å². The fourth-order valence-corrected chi connectivity index (χ4v) is 5.91. The van der Waals surface area contributed by atoms with Crippen molar-refractivity contribution in [2.24, 2.45) is 0 Å². The second-order valence-corrected chi connectivity index (χ2v) is 11.2. The number of hydrogen-bond donors (Lipinski definition) is 1. The van der Waals surface area contributed by atoms with Crippen LogP contribution in [0.1, 0.15) is 11.1 Å². The normalized spacial score (nSPS) is 11.2. The number of halogens is 2. The number of nitrogens with zero attached hydrogens (tertiary/aromatic N) is 1. The van der Waals surface area contributed by atoms with Gasteiger partial charge in [0.2, 0.25) is 5.91 Å². The fraction of sp³-hybridized carbons (Fsp3) is 0.208. The van der Waals surface area contributed by atoms with Crippen LogP contribution in [0.3, 0.4) is 0 Å². The van der Waals surface area contributed by atoms with E-state index in [1.54, 1.807) is 30.0 Å². The molecule has 3 aromatic rings. The third-order valence-corrected chi connectivity index (χ3v) is 7.93. The summed E-state index contributed by atoms with van der Waals surface area (Å²) in [5, 5.41) is 3.35. The molecule has 0 aliphatic heterocycles. The van der Waals surface area contributed by atoms with Crippen LogP contribution >= 0.6 is 35.0 Å². The van der Waals surface area contributed by atoms with E-state index in [0.717, 1.165) is 10.1 Å². The van der Waals surface area contributed by atoms with Crippen LogP contribution in [-0.4, -0.2) is 33.2 Å².